The van der Waals surface area contributed by atoms with E-state index in [9.17, 15) is 0 Å². The van der Waals surface area contributed by atoms with E-state index in [0.29, 0.717) is 0 Å². The number of nitrogens with zero attached hydrogens (tertiary/aromatic N) is 1. The average molecular weight is 294 g/mol. The predicted molar refractivity (Wildman–Crippen MR) is 96.5 cm³/mol. The van der Waals surface area contributed by atoms with Crippen LogP contribution in [0, 0.1) is 0 Å². The van der Waals surface area contributed by atoms with Crippen LogP contribution in [0.4, 0.5) is 22.7 Å². The van der Waals surface area contributed by atoms with Crippen molar-refractivity contribution in [2.75, 3.05) is 16.8 Å². The monoisotopic (exact) mass is 294 g/mol. The molecule has 0 fully saturated rings. The van der Waals surface area contributed by atoms with Gasteiger partial charge in [0.05, 0.1) is 22.7 Å². The highest BCUT2D eigenvalue weighted by Crippen LogP contribution is 2.43. The van der Waals surface area contributed by atoms with Crippen LogP contribution in [0.5, 0.6) is 0 Å². The number of unbranched alkanes of at least 4 members (excludes halogenated alkanes) is 5. The lowest BCUT2D eigenvalue weighted by Crippen LogP contribution is -2.23. The summed E-state index contributed by atoms with van der Waals surface area (Å²) in [5, 5.41) is 3.55. The molecule has 1 N–H and O–H groups in total. The fourth-order valence-corrected chi connectivity index (χ4v) is 3.20. The molecular weight excluding hydrogens is 268 g/mol. The molecule has 22 heavy (non-hydrogen) atoms. The van der Waals surface area contributed by atoms with E-state index in [0.717, 1.165) is 6.54 Å². The summed E-state index contributed by atoms with van der Waals surface area (Å²) >= 11 is 0. The van der Waals surface area contributed by atoms with Gasteiger partial charge in [0.2, 0.25) is 0 Å². The first-order chi connectivity index (χ1) is 10.9. The largest absolute Gasteiger partial charge is 0.352 e. The molecule has 0 unspecified atom stereocenters. The average Bonchev–Trinajstić information content (AvgIpc) is 2.57. The number of rotatable bonds is 7. The molecule has 2 aromatic carbocycles. The van der Waals surface area contributed by atoms with Crippen molar-refractivity contribution in [1.82, 2.24) is 0 Å². The lowest BCUT2D eigenvalue weighted by molar-refractivity contribution is 0.609. The first-order valence-electron chi connectivity index (χ1n) is 8.63. The van der Waals surface area contributed by atoms with Gasteiger partial charge in [0.25, 0.3) is 0 Å². The summed E-state index contributed by atoms with van der Waals surface area (Å²) in [7, 11) is 0. The van der Waals surface area contributed by atoms with Gasteiger partial charge in [-0.2, -0.15) is 0 Å². The van der Waals surface area contributed by atoms with Crippen LogP contribution in [0.1, 0.15) is 45.4 Å². The first-order valence-corrected chi connectivity index (χ1v) is 8.63. The van der Waals surface area contributed by atoms with Gasteiger partial charge in [-0.1, -0.05) is 63.3 Å². The number of fused-ring (bicyclic) bond motifs is 2. The molecule has 0 saturated carbocycles. The maximum atomic E-state index is 3.55. The highest BCUT2D eigenvalue weighted by Gasteiger charge is 2.20. The van der Waals surface area contributed by atoms with Crippen LogP contribution in [0.2, 0.25) is 0 Å². The highest BCUT2D eigenvalue weighted by molar-refractivity contribution is 5.91. The standard InChI is InChI=1S/C20H26N2/c1-2-3-4-5-6-11-16-22-19-14-9-7-12-17(19)21-18-13-8-10-15-20(18)22/h7-10,12-15,21H,2-6,11,16H2,1H3. The molecule has 0 aliphatic carbocycles. The summed E-state index contributed by atoms with van der Waals surface area (Å²) in [6, 6.07) is 17.2. The van der Waals surface area contributed by atoms with Gasteiger partial charge in [-0.05, 0) is 30.7 Å². The fraction of sp³-hybridized carbons (Fsp3) is 0.400. The number of para-hydroxylation sites is 4. The Balaban J connectivity index is 1.70. The summed E-state index contributed by atoms with van der Waals surface area (Å²) in [6.07, 6.45) is 8.02. The number of nitrogens with one attached hydrogen (secondary N) is 1. The van der Waals surface area contributed by atoms with Crippen molar-refractivity contribution in [2.24, 2.45) is 0 Å². The van der Waals surface area contributed by atoms with Gasteiger partial charge >= 0.3 is 0 Å². The molecule has 0 aromatic heterocycles. The molecule has 2 heteroatoms. The Hall–Kier alpha value is -1.96. The molecule has 0 amide bonds. The van der Waals surface area contributed by atoms with Crippen molar-refractivity contribution in [1.29, 1.82) is 0 Å². The molecule has 3 rings (SSSR count). The Bertz CT molecular complexity index is 561. The molecule has 116 valence electrons. The van der Waals surface area contributed by atoms with Crippen LogP contribution in [-0.4, -0.2) is 6.54 Å². The third-order valence-electron chi connectivity index (χ3n) is 4.39. The molecular formula is C20H26N2. The Morgan fingerprint density at radius 2 is 1.27 bits per heavy atom. The van der Waals surface area contributed by atoms with E-state index in [4.69, 9.17) is 0 Å². The molecule has 1 aliphatic rings. The van der Waals surface area contributed by atoms with Gasteiger partial charge in [0.15, 0.2) is 0 Å². The van der Waals surface area contributed by atoms with Gasteiger partial charge in [0.1, 0.15) is 0 Å². The van der Waals surface area contributed by atoms with Gasteiger partial charge < -0.3 is 10.2 Å². The summed E-state index contributed by atoms with van der Waals surface area (Å²) in [5.74, 6) is 0. The topological polar surface area (TPSA) is 15.3 Å². The SMILES string of the molecule is CCCCCCCCN1c2ccccc2Nc2ccccc21. The van der Waals surface area contributed by atoms with Crippen LogP contribution in [0.25, 0.3) is 0 Å². The van der Waals surface area contributed by atoms with Gasteiger partial charge in [-0.25, -0.2) is 0 Å². The zero-order valence-corrected chi connectivity index (χ0v) is 13.5. The lowest BCUT2D eigenvalue weighted by atomic mass is 10.1. The van der Waals surface area contributed by atoms with Crippen LogP contribution < -0.4 is 10.2 Å². The maximum Gasteiger partial charge on any atom is 0.0650 e. The zero-order valence-electron chi connectivity index (χ0n) is 13.5. The van der Waals surface area contributed by atoms with Gasteiger partial charge in [-0.3, -0.25) is 0 Å². The van der Waals surface area contributed by atoms with E-state index >= 15 is 0 Å². The number of anilines is 4. The summed E-state index contributed by atoms with van der Waals surface area (Å²) < 4.78 is 0. The molecule has 2 nitrogen and oxygen atoms in total. The smallest absolute Gasteiger partial charge is 0.0650 e. The fourth-order valence-electron chi connectivity index (χ4n) is 3.20. The van der Waals surface area contributed by atoms with E-state index in [-0.39, 0.29) is 0 Å². The second-order valence-electron chi connectivity index (χ2n) is 6.08. The first kappa shape index (κ1) is 15.0. The van der Waals surface area contributed by atoms with Crippen LogP contribution >= 0.6 is 0 Å². The minimum absolute atomic E-state index is 1.10. The van der Waals surface area contributed by atoms with Gasteiger partial charge in [-0.15, -0.1) is 0 Å². The highest BCUT2D eigenvalue weighted by atomic mass is 15.2. The number of hydrogen-bond donors (Lipinski definition) is 1. The van der Waals surface area contributed by atoms with Crippen LogP contribution in [0.3, 0.4) is 0 Å². The predicted octanol–water partition coefficient (Wildman–Crippen LogP) is 6.24. The molecule has 0 radical (unpaired) electrons. The molecule has 0 spiro atoms. The molecule has 1 heterocycles. The molecule has 1 aliphatic heterocycles. The summed E-state index contributed by atoms with van der Waals surface area (Å²) in [5.41, 5.74) is 5.03. The summed E-state index contributed by atoms with van der Waals surface area (Å²) in [4.78, 5) is 2.47. The van der Waals surface area contributed by atoms with Crippen LogP contribution in [0.15, 0.2) is 48.5 Å². The van der Waals surface area contributed by atoms with E-state index in [1.165, 1.54) is 61.3 Å². The lowest BCUT2D eigenvalue weighted by Gasteiger charge is -2.34. The molecule has 0 saturated heterocycles. The van der Waals surface area contributed by atoms with Crippen molar-refractivity contribution in [3.63, 3.8) is 0 Å². The number of benzene rings is 2. The number of hydrogen-bond acceptors (Lipinski definition) is 2. The third-order valence-corrected chi connectivity index (χ3v) is 4.39. The molecule has 0 bridgehead atoms. The quantitative estimate of drug-likeness (QED) is 0.608. The minimum Gasteiger partial charge on any atom is -0.352 e. The Kier molecular flexibility index (Phi) is 4.99. The zero-order chi connectivity index (χ0) is 15.2. The van der Waals surface area contributed by atoms with Crippen molar-refractivity contribution in [3.05, 3.63) is 48.5 Å². The Morgan fingerprint density at radius 1 is 0.727 bits per heavy atom. The normalized spacial score (nSPS) is 12.5. The maximum absolute atomic E-state index is 3.55. The van der Waals surface area contributed by atoms with Crippen molar-refractivity contribution < 1.29 is 0 Å². The van der Waals surface area contributed by atoms with E-state index in [2.05, 4.69) is 65.7 Å². The van der Waals surface area contributed by atoms with Crippen molar-refractivity contribution in [2.45, 2.75) is 45.4 Å². The van der Waals surface area contributed by atoms with E-state index in [1.54, 1.807) is 0 Å². The minimum atomic E-state index is 1.10. The summed E-state index contributed by atoms with van der Waals surface area (Å²) in [6.45, 7) is 3.37. The van der Waals surface area contributed by atoms with E-state index < -0.39 is 0 Å². The second kappa shape index (κ2) is 7.35. The molecule has 0 atom stereocenters. The Morgan fingerprint density at radius 3 is 1.91 bits per heavy atom. The van der Waals surface area contributed by atoms with Crippen LogP contribution in [-0.2, 0) is 0 Å². The Labute approximate surface area is 134 Å². The third kappa shape index (κ3) is 3.27. The second-order valence-corrected chi connectivity index (χ2v) is 6.08. The van der Waals surface area contributed by atoms with Crippen molar-refractivity contribution in [3.8, 4) is 0 Å². The van der Waals surface area contributed by atoms with E-state index in [1.807, 2.05) is 0 Å². The van der Waals surface area contributed by atoms with Crippen molar-refractivity contribution >= 4 is 22.7 Å². The van der Waals surface area contributed by atoms with Gasteiger partial charge in [0, 0.05) is 6.54 Å². The molecule has 2 aromatic rings.